The van der Waals surface area contributed by atoms with Gasteiger partial charge >= 0.3 is 0 Å². The maximum atomic E-state index is 8.39. The van der Waals surface area contributed by atoms with Crippen molar-refractivity contribution in [2.45, 2.75) is 25.9 Å². The second kappa shape index (κ2) is 5.04. The predicted molar refractivity (Wildman–Crippen MR) is 49.5 cm³/mol. The smallest absolute Gasteiger partial charge is 0.212 e. The van der Waals surface area contributed by atoms with Crippen LogP contribution in [0.3, 0.4) is 0 Å². The number of rotatable bonds is 3. The minimum absolute atomic E-state index is 0.0711. The van der Waals surface area contributed by atoms with Gasteiger partial charge in [0.1, 0.15) is 0 Å². The summed E-state index contributed by atoms with van der Waals surface area (Å²) in [6, 6.07) is 0. The average molecular weight is 187 g/mol. The molecule has 0 aromatic carbocycles. The molecule has 0 saturated carbocycles. The molecule has 1 heterocycles. The van der Waals surface area contributed by atoms with Gasteiger partial charge in [-0.05, 0) is 12.8 Å². The Balaban J connectivity index is 2.35. The Hall–Kier alpha value is -0.810. The Morgan fingerprint density at radius 1 is 1.77 bits per heavy atom. The quantitative estimate of drug-likeness (QED) is 0.332. The molecule has 0 radical (unpaired) electrons. The molecular formula is C8H17N3O2. The van der Waals surface area contributed by atoms with Crippen LogP contribution in [0.2, 0.25) is 0 Å². The van der Waals surface area contributed by atoms with Gasteiger partial charge in [0, 0.05) is 19.1 Å². The highest BCUT2D eigenvalue weighted by Gasteiger charge is 2.26. The summed E-state index contributed by atoms with van der Waals surface area (Å²) in [7, 11) is 0. The number of aliphatic imine (C=N–C) groups is 1. The first-order valence-electron chi connectivity index (χ1n) is 4.59. The van der Waals surface area contributed by atoms with Gasteiger partial charge in [-0.2, -0.15) is 0 Å². The van der Waals surface area contributed by atoms with Gasteiger partial charge in [0.15, 0.2) is 0 Å². The molecular weight excluding hydrogens is 170 g/mol. The zero-order chi connectivity index (χ0) is 9.68. The monoisotopic (exact) mass is 187 g/mol. The first-order valence-corrected chi connectivity index (χ1v) is 4.59. The van der Waals surface area contributed by atoms with Crippen LogP contribution in [0, 0.1) is 5.92 Å². The highest BCUT2D eigenvalue weighted by Crippen LogP contribution is 2.23. The molecule has 2 unspecified atom stereocenters. The second-order valence-corrected chi connectivity index (χ2v) is 3.20. The van der Waals surface area contributed by atoms with E-state index >= 15 is 0 Å². The van der Waals surface area contributed by atoms with Crippen LogP contribution < -0.4 is 11.2 Å². The van der Waals surface area contributed by atoms with Crippen molar-refractivity contribution >= 4 is 5.96 Å². The Kier molecular flexibility index (Phi) is 3.98. The van der Waals surface area contributed by atoms with E-state index in [-0.39, 0.29) is 5.96 Å². The van der Waals surface area contributed by atoms with Crippen molar-refractivity contribution < 1.29 is 9.94 Å². The molecule has 0 aliphatic carbocycles. The lowest BCUT2D eigenvalue weighted by atomic mass is 10.0. The van der Waals surface area contributed by atoms with Gasteiger partial charge in [-0.1, -0.05) is 6.92 Å². The summed E-state index contributed by atoms with van der Waals surface area (Å²) in [5.74, 6) is 0.513. The van der Waals surface area contributed by atoms with E-state index in [2.05, 4.69) is 11.9 Å². The second-order valence-electron chi connectivity index (χ2n) is 3.20. The highest BCUT2D eigenvalue weighted by molar-refractivity contribution is 5.76. The van der Waals surface area contributed by atoms with Gasteiger partial charge in [-0.3, -0.25) is 10.2 Å². The summed E-state index contributed by atoms with van der Waals surface area (Å²) in [6.07, 6.45) is 2.34. The maximum absolute atomic E-state index is 8.39. The summed E-state index contributed by atoms with van der Waals surface area (Å²) in [5, 5.41) is 8.39. The summed E-state index contributed by atoms with van der Waals surface area (Å²) in [4.78, 5) is 3.98. The first-order chi connectivity index (χ1) is 6.27. The largest absolute Gasteiger partial charge is 0.378 e. The standard InChI is InChI=1S/C8H17N3O2/c1-2-7-6(3-4-13-7)5-10-8(9)11-12/h6-7,12H,2-5H2,1H3,(H3,9,10,11). The molecule has 5 heteroatoms. The zero-order valence-electron chi connectivity index (χ0n) is 7.86. The van der Waals surface area contributed by atoms with Crippen molar-refractivity contribution in [1.29, 1.82) is 0 Å². The van der Waals surface area contributed by atoms with Crippen molar-refractivity contribution in [3.63, 3.8) is 0 Å². The molecule has 1 aliphatic heterocycles. The molecule has 0 bridgehead atoms. The van der Waals surface area contributed by atoms with Crippen LogP contribution in [0.15, 0.2) is 4.99 Å². The third-order valence-corrected chi connectivity index (χ3v) is 2.36. The number of hydroxylamine groups is 1. The lowest BCUT2D eigenvalue weighted by Gasteiger charge is -2.14. The van der Waals surface area contributed by atoms with Crippen LogP contribution >= 0.6 is 0 Å². The molecule has 1 rings (SSSR count). The van der Waals surface area contributed by atoms with Crippen LogP contribution in [-0.2, 0) is 4.74 Å². The van der Waals surface area contributed by atoms with Gasteiger partial charge < -0.3 is 10.5 Å². The van der Waals surface area contributed by atoms with Gasteiger partial charge in [0.2, 0.25) is 5.96 Å². The predicted octanol–water partition coefficient (Wildman–Crippen LogP) is 0.0950. The van der Waals surface area contributed by atoms with Crippen LogP contribution in [0.25, 0.3) is 0 Å². The summed E-state index contributed by atoms with van der Waals surface area (Å²) >= 11 is 0. The fourth-order valence-electron chi connectivity index (χ4n) is 1.60. The van der Waals surface area contributed by atoms with Gasteiger partial charge in [-0.25, -0.2) is 5.48 Å². The number of nitrogens with one attached hydrogen (secondary N) is 1. The summed E-state index contributed by atoms with van der Waals surface area (Å²) < 4.78 is 5.49. The molecule has 76 valence electrons. The van der Waals surface area contributed by atoms with E-state index in [0.29, 0.717) is 18.6 Å². The molecule has 4 N–H and O–H groups in total. The topological polar surface area (TPSA) is 79.9 Å². The zero-order valence-corrected chi connectivity index (χ0v) is 7.86. The first kappa shape index (κ1) is 10.3. The van der Waals surface area contributed by atoms with E-state index < -0.39 is 0 Å². The molecule has 13 heavy (non-hydrogen) atoms. The molecule has 0 amide bonds. The van der Waals surface area contributed by atoms with Crippen molar-refractivity contribution in [3.8, 4) is 0 Å². The Labute approximate surface area is 77.9 Å². The van der Waals surface area contributed by atoms with Crippen molar-refractivity contribution in [1.82, 2.24) is 5.48 Å². The number of hydrogen-bond acceptors (Lipinski definition) is 3. The van der Waals surface area contributed by atoms with Crippen molar-refractivity contribution in [2.75, 3.05) is 13.2 Å². The van der Waals surface area contributed by atoms with Crippen molar-refractivity contribution in [2.24, 2.45) is 16.6 Å². The van der Waals surface area contributed by atoms with E-state index in [1.165, 1.54) is 0 Å². The fraction of sp³-hybridized carbons (Fsp3) is 0.875. The summed E-state index contributed by atoms with van der Waals surface area (Å²) in [6.45, 7) is 3.53. The van der Waals surface area contributed by atoms with Crippen LogP contribution in [0.5, 0.6) is 0 Å². The SMILES string of the molecule is CCC1OCCC1CN=C(N)NO. The lowest BCUT2D eigenvalue weighted by Crippen LogP contribution is -2.30. The van der Waals surface area contributed by atoms with E-state index in [1.807, 2.05) is 5.48 Å². The van der Waals surface area contributed by atoms with Gasteiger partial charge in [0.05, 0.1) is 6.10 Å². The summed E-state index contributed by atoms with van der Waals surface area (Å²) in [5.41, 5.74) is 7.09. The Morgan fingerprint density at radius 2 is 2.54 bits per heavy atom. The van der Waals surface area contributed by atoms with Crippen molar-refractivity contribution in [3.05, 3.63) is 0 Å². The third-order valence-electron chi connectivity index (χ3n) is 2.36. The van der Waals surface area contributed by atoms with Gasteiger partial charge in [-0.15, -0.1) is 0 Å². The van der Waals surface area contributed by atoms with E-state index in [1.54, 1.807) is 0 Å². The Morgan fingerprint density at radius 3 is 3.15 bits per heavy atom. The molecule has 0 aromatic heterocycles. The van der Waals surface area contributed by atoms with E-state index in [0.717, 1.165) is 19.4 Å². The van der Waals surface area contributed by atoms with E-state index in [4.69, 9.17) is 15.7 Å². The minimum Gasteiger partial charge on any atom is -0.378 e. The number of hydrogen-bond donors (Lipinski definition) is 3. The molecule has 5 nitrogen and oxygen atoms in total. The highest BCUT2D eigenvalue weighted by atomic mass is 16.5. The lowest BCUT2D eigenvalue weighted by molar-refractivity contribution is 0.0892. The number of ether oxygens (including phenoxy) is 1. The molecule has 1 fully saturated rings. The molecule has 0 aromatic rings. The van der Waals surface area contributed by atoms with Gasteiger partial charge in [0.25, 0.3) is 0 Å². The fourth-order valence-corrected chi connectivity index (χ4v) is 1.60. The van der Waals surface area contributed by atoms with Crippen LogP contribution in [-0.4, -0.2) is 30.4 Å². The molecule has 2 atom stereocenters. The van der Waals surface area contributed by atoms with E-state index in [9.17, 15) is 0 Å². The average Bonchev–Trinajstić information content (AvgIpc) is 2.61. The number of nitrogens with zero attached hydrogens (tertiary/aromatic N) is 1. The normalized spacial score (nSPS) is 29.2. The molecule has 1 saturated heterocycles. The maximum Gasteiger partial charge on any atom is 0.212 e. The minimum atomic E-state index is 0.0711. The number of guanidine groups is 1. The molecule has 0 spiro atoms. The molecule has 1 aliphatic rings. The van der Waals surface area contributed by atoms with Crippen LogP contribution in [0.1, 0.15) is 19.8 Å². The third kappa shape index (κ3) is 2.86. The number of nitrogens with two attached hydrogens (primary N) is 1. The Bertz CT molecular complexity index is 184. The van der Waals surface area contributed by atoms with Crippen LogP contribution in [0.4, 0.5) is 0 Å².